The Morgan fingerprint density at radius 1 is 1.04 bits per heavy atom. The number of urea groups is 1. The molecule has 0 saturated carbocycles. The van der Waals surface area contributed by atoms with Crippen LogP contribution in [0.25, 0.3) is 22.4 Å². The van der Waals surface area contributed by atoms with Crippen molar-refractivity contribution in [1.29, 1.82) is 0 Å². The highest BCUT2D eigenvalue weighted by Crippen LogP contribution is 2.31. The molecule has 0 aliphatic carbocycles. The van der Waals surface area contributed by atoms with Crippen molar-refractivity contribution in [3.8, 4) is 22.4 Å². The molecule has 3 aromatic rings. The zero-order valence-electron chi connectivity index (χ0n) is 12.5. The van der Waals surface area contributed by atoms with E-state index in [9.17, 15) is 9.18 Å². The Morgan fingerprint density at radius 3 is 2.50 bits per heavy atom. The lowest BCUT2D eigenvalue weighted by molar-refractivity contribution is 0.259. The summed E-state index contributed by atoms with van der Waals surface area (Å²) in [6.45, 7) is 0. The molecule has 2 amide bonds. The van der Waals surface area contributed by atoms with Crippen molar-refractivity contribution in [2.45, 2.75) is 0 Å². The van der Waals surface area contributed by atoms with Crippen molar-refractivity contribution in [3.63, 3.8) is 0 Å². The molecule has 0 saturated heterocycles. The molecule has 0 unspecified atom stereocenters. The molecule has 3 rings (SSSR count). The molecule has 120 valence electrons. The summed E-state index contributed by atoms with van der Waals surface area (Å²) in [7, 11) is 0. The number of nitrogens with zero attached hydrogens (tertiary/aromatic N) is 2. The summed E-state index contributed by atoms with van der Waals surface area (Å²) < 4.78 is 14.5. The number of nitrogens with one attached hydrogen (secondary N) is 1. The number of aromatic nitrogens is 2. The molecule has 5 N–H and O–H groups in total. The second-order valence-electron chi connectivity index (χ2n) is 5.06. The van der Waals surface area contributed by atoms with Crippen LogP contribution in [0.15, 0.2) is 54.9 Å². The van der Waals surface area contributed by atoms with E-state index in [-0.39, 0.29) is 5.82 Å². The lowest BCUT2D eigenvalue weighted by Crippen LogP contribution is -2.19. The maximum Gasteiger partial charge on any atom is 0.316 e. The van der Waals surface area contributed by atoms with Crippen LogP contribution in [0.2, 0.25) is 0 Å². The number of para-hydroxylation sites is 1. The van der Waals surface area contributed by atoms with Gasteiger partial charge in [0.15, 0.2) is 0 Å². The molecule has 0 aliphatic heterocycles. The summed E-state index contributed by atoms with van der Waals surface area (Å²) in [5.41, 5.74) is 13.1. The fourth-order valence-corrected chi connectivity index (χ4v) is 2.34. The van der Waals surface area contributed by atoms with E-state index in [1.807, 2.05) is 0 Å². The Labute approximate surface area is 137 Å². The second kappa shape index (κ2) is 6.33. The summed E-state index contributed by atoms with van der Waals surface area (Å²) in [6, 6.07) is 11.0. The molecule has 6 nitrogen and oxygen atoms in total. The van der Waals surface area contributed by atoms with Gasteiger partial charge < -0.3 is 16.8 Å². The Morgan fingerprint density at radius 2 is 1.83 bits per heavy atom. The van der Waals surface area contributed by atoms with Crippen molar-refractivity contribution in [2.24, 2.45) is 5.73 Å². The average Bonchev–Trinajstić information content (AvgIpc) is 2.56. The van der Waals surface area contributed by atoms with E-state index in [1.165, 1.54) is 18.5 Å². The minimum atomic E-state index is -0.684. The highest BCUT2D eigenvalue weighted by atomic mass is 19.1. The zero-order chi connectivity index (χ0) is 17.1. The van der Waals surface area contributed by atoms with Gasteiger partial charge in [-0.25, -0.2) is 14.2 Å². The predicted octanol–water partition coefficient (Wildman–Crippen LogP) is 3.02. The molecule has 1 aromatic heterocycles. The van der Waals surface area contributed by atoms with Crippen molar-refractivity contribution >= 4 is 17.5 Å². The van der Waals surface area contributed by atoms with Crippen LogP contribution in [-0.2, 0) is 0 Å². The van der Waals surface area contributed by atoms with Gasteiger partial charge in [0.2, 0.25) is 0 Å². The molecule has 0 aliphatic rings. The Kier molecular flexibility index (Phi) is 4.07. The van der Waals surface area contributed by atoms with E-state index in [0.29, 0.717) is 28.1 Å². The van der Waals surface area contributed by atoms with Gasteiger partial charge in [0.25, 0.3) is 0 Å². The lowest BCUT2D eigenvalue weighted by Gasteiger charge is -2.11. The topological polar surface area (TPSA) is 107 Å². The second-order valence-corrected chi connectivity index (χ2v) is 5.06. The lowest BCUT2D eigenvalue weighted by atomic mass is 10.0. The number of benzene rings is 2. The molecule has 1 heterocycles. The number of hydrogen-bond acceptors (Lipinski definition) is 4. The third kappa shape index (κ3) is 3.14. The number of halogens is 1. The summed E-state index contributed by atoms with van der Waals surface area (Å²) in [5, 5.41) is 2.52. The standard InChI is InChI=1S/C17H14FN5O/c18-13-7-10(11-3-1-2-4-14(11)23-17(20)24)5-6-12(13)15-8-22-16(19)9-21-15/h1-9H,(H2,19,22)(H3,20,23,24). The molecule has 0 fully saturated rings. The van der Waals surface area contributed by atoms with E-state index in [2.05, 4.69) is 15.3 Å². The highest BCUT2D eigenvalue weighted by Gasteiger charge is 2.11. The van der Waals surface area contributed by atoms with Gasteiger partial charge in [-0.1, -0.05) is 24.3 Å². The molecular weight excluding hydrogens is 309 g/mol. The maximum absolute atomic E-state index is 14.5. The van der Waals surface area contributed by atoms with Crippen LogP contribution in [-0.4, -0.2) is 16.0 Å². The summed E-state index contributed by atoms with van der Waals surface area (Å²) in [5.74, 6) is -0.192. The Balaban J connectivity index is 2.02. The van der Waals surface area contributed by atoms with Crippen LogP contribution >= 0.6 is 0 Å². The van der Waals surface area contributed by atoms with E-state index in [4.69, 9.17) is 11.5 Å². The molecule has 2 aromatic carbocycles. The number of hydrogen-bond donors (Lipinski definition) is 3. The minimum Gasteiger partial charge on any atom is -0.382 e. The van der Waals surface area contributed by atoms with Crippen LogP contribution in [0.5, 0.6) is 0 Å². The van der Waals surface area contributed by atoms with Gasteiger partial charge in [-0.05, 0) is 23.8 Å². The van der Waals surface area contributed by atoms with E-state index in [0.717, 1.165) is 0 Å². The Bertz CT molecular complexity index is 896. The first-order chi connectivity index (χ1) is 11.5. The van der Waals surface area contributed by atoms with Crippen molar-refractivity contribution in [3.05, 3.63) is 60.7 Å². The average molecular weight is 323 g/mol. The van der Waals surface area contributed by atoms with Gasteiger partial charge in [0, 0.05) is 11.1 Å². The quantitative estimate of drug-likeness (QED) is 0.688. The largest absolute Gasteiger partial charge is 0.382 e. The molecule has 0 atom stereocenters. The number of anilines is 2. The number of amides is 2. The fourth-order valence-electron chi connectivity index (χ4n) is 2.34. The zero-order valence-corrected chi connectivity index (χ0v) is 12.5. The fraction of sp³-hybridized carbons (Fsp3) is 0. The molecule has 0 spiro atoms. The summed E-state index contributed by atoms with van der Waals surface area (Å²) >= 11 is 0. The van der Waals surface area contributed by atoms with Crippen molar-refractivity contribution in [1.82, 2.24) is 9.97 Å². The van der Waals surface area contributed by atoms with Crippen LogP contribution in [0.1, 0.15) is 0 Å². The highest BCUT2D eigenvalue weighted by molar-refractivity contribution is 5.93. The molecule has 7 heteroatoms. The monoisotopic (exact) mass is 323 g/mol. The molecule has 0 radical (unpaired) electrons. The van der Waals surface area contributed by atoms with Crippen LogP contribution < -0.4 is 16.8 Å². The van der Waals surface area contributed by atoms with E-state index < -0.39 is 11.8 Å². The third-order valence-electron chi connectivity index (χ3n) is 3.41. The van der Waals surface area contributed by atoms with Gasteiger partial charge >= 0.3 is 6.03 Å². The van der Waals surface area contributed by atoms with Gasteiger partial charge in [-0.2, -0.15) is 0 Å². The number of rotatable bonds is 3. The number of primary amides is 1. The van der Waals surface area contributed by atoms with Gasteiger partial charge in [-0.3, -0.25) is 4.98 Å². The SMILES string of the molecule is NC(=O)Nc1ccccc1-c1ccc(-c2cnc(N)cn2)c(F)c1. The van der Waals surface area contributed by atoms with E-state index in [1.54, 1.807) is 36.4 Å². The number of carbonyl (C=O) groups is 1. The summed E-state index contributed by atoms with van der Waals surface area (Å²) in [6.07, 6.45) is 2.78. The maximum atomic E-state index is 14.5. The normalized spacial score (nSPS) is 10.4. The molecule has 0 bridgehead atoms. The van der Waals surface area contributed by atoms with Gasteiger partial charge in [0.05, 0.1) is 23.8 Å². The van der Waals surface area contributed by atoms with E-state index >= 15 is 0 Å². The predicted molar refractivity (Wildman–Crippen MR) is 90.5 cm³/mol. The van der Waals surface area contributed by atoms with Gasteiger partial charge in [-0.15, -0.1) is 0 Å². The van der Waals surface area contributed by atoms with Crippen molar-refractivity contribution in [2.75, 3.05) is 11.1 Å². The molecule has 24 heavy (non-hydrogen) atoms. The number of nitrogens with two attached hydrogens (primary N) is 2. The Hall–Kier alpha value is -3.48. The van der Waals surface area contributed by atoms with Crippen LogP contribution in [0.3, 0.4) is 0 Å². The molecular formula is C17H14FN5O. The first kappa shape index (κ1) is 15.4. The smallest absolute Gasteiger partial charge is 0.316 e. The third-order valence-corrected chi connectivity index (χ3v) is 3.41. The first-order valence-electron chi connectivity index (χ1n) is 7.08. The first-order valence-corrected chi connectivity index (χ1v) is 7.08. The van der Waals surface area contributed by atoms with Crippen LogP contribution in [0, 0.1) is 5.82 Å². The number of carbonyl (C=O) groups excluding carboxylic acids is 1. The van der Waals surface area contributed by atoms with Crippen LogP contribution in [0.4, 0.5) is 20.7 Å². The number of nitrogen functional groups attached to an aromatic ring is 1. The minimum absolute atomic E-state index is 0.266. The summed E-state index contributed by atoms with van der Waals surface area (Å²) in [4.78, 5) is 19.1. The van der Waals surface area contributed by atoms with Gasteiger partial charge in [0.1, 0.15) is 11.6 Å². The van der Waals surface area contributed by atoms with Crippen molar-refractivity contribution < 1.29 is 9.18 Å².